The van der Waals surface area contributed by atoms with Crippen LogP contribution in [0.4, 0.5) is 0 Å². The number of benzene rings is 8. The van der Waals surface area contributed by atoms with Crippen LogP contribution in [0.1, 0.15) is 52.7 Å². The third kappa shape index (κ3) is 7.12. The van der Waals surface area contributed by atoms with Gasteiger partial charge in [-0.1, -0.05) is 199 Å². The van der Waals surface area contributed by atoms with Gasteiger partial charge in [0.25, 0.3) is 0 Å². The first-order chi connectivity index (χ1) is 30.0. The summed E-state index contributed by atoms with van der Waals surface area (Å²) in [6.07, 6.45) is 0. The van der Waals surface area contributed by atoms with Crippen molar-refractivity contribution in [2.45, 2.75) is 52.4 Å². The van der Waals surface area contributed by atoms with E-state index < -0.39 is 0 Å². The van der Waals surface area contributed by atoms with Crippen LogP contribution in [0.3, 0.4) is 0 Å². The monoisotopic (exact) mass is 802 g/mol. The van der Waals surface area contributed by atoms with Gasteiger partial charge in [-0.2, -0.15) is 0 Å². The van der Waals surface area contributed by atoms with Gasteiger partial charge < -0.3 is 4.57 Å². The fourth-order valence-electron chi connectivity index (χ4n) is 8.75. The molecule has 10 rings (SSSR count). The fraction of sp³-hybridized carbons (Fsp3) is 0.138. The summed E-state index contributed by atoms with van der Waals surface area (Å²) in [7, 11) is 0. The molecular weight excluding hydrogens is 753 g/mol. The molecule has 0 fully saturated rings. The molecule has 4 heteroatoms. The Morgan fingerprint density at radius 1 is 0.355 bits per heavy atom. The molecule has 10 aromatic rings. The maximum atomic E-state index is 5.18. The van der Waals surface area contributed by atoms with Gasteiger partial charge in [0, 0.05) is 27.6 Å². The van der Waals surface area contributed by atoms with E-state index in [9.17, 15) is 0 Å². The fourth-order valence-corrected chi connectivity index (χ4v) is 8.75. The molecule has 0 aliphatic heterocycles. The van der Waals surface area contributed by atoms with Crippen LogP contribution < -0.4 is 0 Å². The molecule has 0 radical (unpaired) electrons. The Morgan fingerprint density at radius 2 is 0.742 bits per heavy atom. The minimum Gasteiger partial charge on any atom is -0.309 e. The van der Waals surface area contributed by atoms with Gasteiger partial charge in [0.05, 0.1) is 16.7 Å². The van der Waals surface area contributed by atoms with E-state index in [0.29, 0.717) is 5.82 Å². The number of para-hydroxylation sites is 2. The molecule has 2 heterocycles. The van der Waals surface area contributed by atoms with Gasteiger partial charge in [-0.15, -0.1) is 5.10 Å². The molecule has 0 spiro atoms. The van der Waals surface area contributed by atoms with Crippen LogP contribution in [0.2, 0.25) is 0 Å². The molecule has 0 atom stereocenters. The molecule has 0 amide bonds. The lowest BCUT2D eigenvalue weighted by molar-refractivity contribution is 0.590. The Balaban J connectivity index is 1.00. The third-order valence-electron chi connectivity index (χ3n) is 12.2. The molecule has 2 aromatic heterocycles. The Labute approximate surface area is 364 Å². The van der Waals surface area contributed by atoms with E-state index in [1.165, 1.54) is 60.8 Å². The molecule has 0 aliphatic carbocycles. The summed E-state index contributed by atoms with van der Waals surface area (Å²) in [6.45, 7) is 13.4. The van der Waals surface area contributed by atoms with Crippen LogP contribution in [0.15, 0.2) is 194 Å². The Morgan fingerprint density at radius 3 is 1.21 bits per heavy atom. The minimum absolute atomic E-state index is 0.0534. The molecule has 0 saturated carbocycles. The molecule has 0 saturated heterocycles. The first-order valence-electron chi connectivity index (χ1n) is 21.6. The summed E-state index contributed by atoms with van der Waals surface area (Å²) in [4.78, 5) is 5.18. The first kappa shape index (κ1) is 38.9. The summed E-state index contributed by atoms with van der Waals surface area (Å²) in [5, 5.41) is 7.69. The first-order valence-corrected chi connectivity index (χ1v) is 21.6. The smallest absolute Gasteiger partial charge is 0.182 e. The number of aromatic nitrogens is 4. The van der Waals surface area contributed by atoms with Crippen molar-refractivity contribution in [1.82, 2.24) is 19.3 Å². The lowest BCUT2D eigenvalue weighted by Crippen LogP contribution is -2.10. The Bertz CT molecular complexity index is 3150. The summed E-state index contributed by atoms with van der Waals surface area (Å²) in [5.41, 5.74) is 16.3. The summed E-state index contributed by atoms with van der Waals surface area (Å²) >= 11 is 0. The maximum absolute atomic E-state index is 5.18. The van der Waals surface area contributed by atoms with Crippen LogP contribution in [-0.2, 0) is 10.8 Å². The zero-order chi connectivity index (χ0) is 42.6. The van der Waals surface area contributed by atoms with Gasteiger partial charge in [0.2, 0.25) is 0 Å². The summed E-state index contributed by atoms with van der Waals surface area (Å²) in [5.74, 6) is 1.51. The highest BCUT2D eigenvalue weighted by molar-refractivity contribution is 6.09. The molecule has 0 bridgehead atoms. The van der Waals surface area contributed by atoms with Gasteiger partial charge in [-0.3, -0.25) is 0 Å². The average Bonchev–Trinajstić information content (AvgIpc) is 3.89. The standard InChI is InChI=1S/C58H50N4/c1-57(2,3)43-31-23-41(24-32-43)55-59-56(42-25-33-44(34-26-42)58(4,5)6)62(60-55)46-37-29-40(30-38-46)48-16-8-10-18-50(48)49-17-9-7-15-47(49)39-27-35-45(36-28-39)61-53-21-13-11-19-51(53)52-20-12-14-22-54(52)61/h7-38H,1-6H3. The molecule has 4 nitrogen and oxygen atoms in total. The molecular formula is C58H50N4. The molecule has 0 aliphatic rings. The van der Waals surface area contributed by atoms with Crippen LogP contribution >= 0.6 is 0 Å². The van der Waals surface area contributed by atoms with E-state index in [2.05, 4.69) is 240 Å². The predicted octanol–water partition coefficient (Wildman–Crippen LogP) is 15.3. The lowest BCUT2D eigenvalue weighted by Gasteiger charge is -2.19. The zero-order valence-electron chi connectivity index (χ0n) is 36.3. The number of fused-ring (bicyclic) bond motifs is 3. The van der Waals surface area contributed by atoms with Crippen LogP contribution in [0.25, 0.3) is 89.3 Å². The van der Waals surface area contributed by atoms with E-state index in [0.717, 1.165) is 33.9 Å². The van der Waals surface area contributed by atoms with Gasteiger partial charge in [0.15, 0.2) is 11.6 Å². The lowest BCUT2D eigenvalue weighted by atomic mass is 9.86. The van der Waals surface area contributed by atoms with Crippen molar-refractivity contribution in [1.29, 1.82) is 0 Å². The normalized spacial score (nSPS) is 12.0. The van der Waals surface area contributed by atoms with Crippen LogP contribution in [-0.4, -0.2) is 19.3 Å². The Hall–Kier alpha value is -7.30. The van der Waals surface area contributed by atoms with Crippen LogP contribution in [0, 0.1) is 0 Å². The second kappa shape index (κ2) is 15.3. The highest BCUT2D eigenvalue weighted by Gasteiger charge is 2.20. The van der Waals surface area contributed by atoms with E-state index >= 15 is 0 Å². The quantitative estimate of drug-likeness (QED) is 0.161. The van der Waals surface area contributed by atoms with E-state index in [-0.39, 0.29) is 10.8 Å². The highest BCUT2D eigenvalue weighted by atomic mass is 15.4. The van der Waals surface area contributed by atoms with Crippen LogP contribution in [0.5, 0.6) is 0 Å². The zero-order valence-corrected chi connectivity index (χ0v) is 36.3. The van der Waals surface area contributed by atoms with Crippen molar-refractivity contribution in [2.24, 2.45) is 0 Å². The van der Waals surface area contributed by atoms with E-state index in [1.54, 1.807) is 0 Å². The molecule has 302 valence electrons. The highest BCUT2D eigenvalue weighted by Crippen LogP contribution is 2.40. The van der Waals surface area contributed by atoms with E-state index in [4.69, 9.17) is 10.1 Å². The van der Waals surface area contributed by atoms with E-state index in [1.807, 2.05) is 4.68 Å². The molecule has 0 N–H and O–H groups in total. The van der Waals surface area contributed by atoms with Crippen molar-refractivity contribution in [2.75, 3.05) is 0 Å². The largest absolute Gasteiger partial charge is 0.309 e. The number of hydrogen-bond donors (Lipinski definition) is 0. The van der Waals surface area contributed by atoms with Crippen molar-refractivity contribution in [3.8, 4) is 67.5 Å². The second-order valence-electron chi connectivity index (χ2n) is 18.4. The average molecular weight is 803 g/mol. The van der Waals surface area contributed by atoms with Gasteiger partial charge >= 0.3 is 0 Å². The van der Waals surface area contributed by atoms with Crippen molar-refractivity contribution in [3.63, 3.8) is 0 Å². The third-order valence-corrected chi connectivity index (χ3v) is 12.2. The number of rotatable bonds is 7. The van der Waals surface area contributed by atoms with Crippen molar-refractivity contribution in [3.05, 3.63) is 205 Å². The number of hydrogen-bond acceptors (Lipinski definition) is 2. The van der Waals surface area contributed by atoms with Crippen molar-refractivity contribution < 1.29 is 0 Å². The molecule has 8 aromatic carbocycles. The van der Waals surface area contributed by atoms with Gasteiger partial charge in [-0.25, -0.2) is 9.67 Å². The molecule has 62 heavy (non-hydrogen) atoms. The maximum Gasteiger partial charge on any atom is 0.182 e. The molecule has 0 unspecified atom stereocenters. The summed E-state index contributed by atoms with van der Waals surface area (Å²) in [6, 6.07) is 70.0. The Kier molecular flexibility index (Phi) is 9.60. The SMILES string of the molecule is CC(C)(C)c1ccc(-c2nc(-c3ccc(C(C)(C)C)cc3)n(-c3ccc(-c4ccccc4-c4ccccc4-c4ccc(-n5c6ccccc6c6ccccc65)cc4)cc3)n2)cc1. The minimum atomic E-state index is 0.0534. The second-order valence-corrected chi connectivity index (χ2v) is 18.4. The van der Waals surface area contributed by atoms with Gasteiger partial charge in [-0.05, 0) is 91.7 Å². The van der Waals surface area contributed by atoms with Gasteiger partial charge in [0.1, 0.15) is 0 Å². The predicted molar refractivity (Wildman–Crippen MR) is 260 cm³/mol. The summed E-state index contributed by atoms with van der Waals surface area (Å²) < 4.78 is 4.36. The number of nitrogens with zero attached hydrogens (tertiary/aromatic N) is 4. The van der Waals surface area contributed by atoms with Crippen molar-refractivity contribution >= 4 is 21.8 Å². The topological polar surface area (TPSA) is 35.6 Å².